The predicted molar refractivity (Wildman–Crippen MR) is 125 cm³/mol. The second kappa shape index (κ2) is 9.72. The molecule has 2 N–H and O–H groups in total. The third kappa shape index (κ3) is 5.23. The third-order valence-corrected chi connectivity index (χ3v) is 6.83. The van der Waals surface area contributed by atoms with Crippen molar-refractivity contribution >= 4 is 29.3 Å². The quantitative estimate of drug-likeness (QED) is 0.537. The van der Waals surface area contributed by atoms with Crippen molar-refractivity contribution in [3.05, 3.63) is 65.7 Å². The number of pyridine rings is 1. The molecule has 0 aliphatic carbocycles. The Morgan fingerprint density at radius 3 is 2.79 bits per heavy atom. The Labute approximate surface area is 196 Å². The van der Waals surface area contributed by atoms with Crippen molar-refractivity contribution in [3.8, 4) is 0 Å². The zero-order valence-corrected chi connectivity index (χ0v) is 19.5. The number of likely N-dealkylation sites (tertiary alicyclic amines) is 1. The van der Waals surface area contributed by atoms with Gasteiger partial charge in [-0.1, -0.05) is 23.9 Å². The molecule has 3 heterocycles. The Morgan fingerprint density at radius 1 is 1.27 bits per heavy atom. The molecule has 0 unspecified atom stereocenters. The lowest BCUT2D eigenvalue weighted by Gasteiger charge is -2.21. The van der Waals surface area contributed by atoms with Crippen LogP contribution in [0.2, 0.25) is 0 Å². The summed E-state index contributed by atoms with van der Waals surface area (Å²) in [5.74, 6) is -0.614. The maximum absolute atomic E-state index is 12.9. The summed E-state index contributed by atoms with van der Waals surface area (Å²) in [5, 5.41) is 21.6. The van der Waals surface area contributed by atoms with Crippen LogP contribution in [0.1, 0.15) is 51.9 Å². The summed E-state index contributed by atoms with van der Waals surface area (Å²) in [7, 11) is 1.89. The highest BCUT2D eigenvalue weighted by molar-refractivity contribution is 7.99. The van der Waals surface area contributed by atoms with Crippen molar-refractivity contribution in [1.82, 2.24) is 24.6 Å². The maximum atomic E-state index is 12.9. The number of rotatable bonds is 6. The number of thioether (sulfide) groups is 1. The van der Waals surface area contributed by atoms with Gasteiger partial charge in [0, 0.05) is 42.3 Å². The van der Waals surface area contributed by atoms with Crippen LogP contribution in [0.3, 0.4) is 0 Å². The Kier molecular flexibility index (Phi) is 6.75. The second-order valence-corrected chi connectivity index (χ2v) is 9.50. The van der Waals surface area contributed by atoms with Crippen LogP contribution in [0.5, 0.6) is 0 Å². The molecule has 1 aliphatic heterocycles. The number of hydrogen-bond donors (Lipinski definition) is 2. The third-order valence-electron chi connectivity index (χ3n) is 5.62. The van der Waals surface area contributed by atoms with Gasteiger partial charge in [-0.15, -0.1) is 10.2 Å². The van der Waals surface area contributed by atoms with Crippen LogP contribution in [0, 0.1) is 0 Å². The highest BCUT2D eigenvalue weighted by Crippen LogP contribution is 2.34. The van der Waals surface area contributed by atoms with E-state index < -0.39 is 12.0 Å². The standard InChI is InChI=1S/C23H26N6O3S/c1-14-9-19(30)12-29(14)22(32)17-7-8-24-20(11-17)21(31)26-18-6-4-5-16(10-18)15(2)33-23-27-25-13-28(23)3/h4-8,10-11,13-15,19,30H,9,12H2,1-3H3,(H,26,31)/t14-,15+,19+/m1/s1. The largest absolute Gasteiger partial charge is 0.391 e. The van der Waals surface area contributed by atoms with Crippen LogP contribution in [-0.2, 0) is 7.05 Å². The maximum Gasteiger partial charge on any atom is 0.274 e. The number of aromatic nitrogens is 4. The summed E-state index contributed by atoms with van der Waals surface area (Å²) in [6, 6.07) is 10.6. The van der Waals surface area contributed by atoms with Crippen molar-refractivity contribution in [2.45, 2.75) is 42.8 Å². The number of nitrogens with one attached hydrogen (secondary N) is 1. The van der Waals surface area contributed by atoms with Gasteiger partial charge in [0.2, 0.25) is 0 Å². The predicted octanol–water partition coefficient (Wildman–Crippen LogP) is 2.91. The van der Waals surface area contributed by atoms with E-state index >= 15 is 0 Å². The fourth-order valence-corrected chi connectivity index (χ4v) is 4.72. The molecule has 1 saturated heterocycles. The highest BCUT2D eigenvalue weighted by Gasteiger charge is 2.32. The number of aliphatic hydroxyl groups is 1. The summed E-state index contributed by atoms with van der Waals surface area (Å²) in [6.45, 7) is 4.26. The number of carbonyl (C=O) groups excluding carboxylic acids is 2. The summed E-state index contributed by atoms with van der Waals surface area (Å²) < 4.78 is 1.86. The molecule has 1 fully saturated rings. The number of amides is 2. The van der Waals surface area contributed by atoms with Crippen molar-refractivity contribution in [2.75, 3.05) is 11.9 Å². The van der Waals surface area contributed by atoms with Gasteiger partial charge in [-0.05, 0) is 50.1 Å². The summed E-state index contributed by atoms with van der Waals surface area (Å²) in [5.41, 5.74) is 2.19. The first kappa shape index (κ1) is 22.9. The van der Waals surface area contributed by atoms with Crippen LogP contribution >= 0.6 is 11.8 Å². The Morgan fingerprint density at radius 2 is 2.09 bits per heavy atom. The molecule has 2 amide bonds. The van der Waals surface area contributed by atoms with Crippen LogP contribution in [0.15, 0.2) is 54.1 Å². The second-order valence-electron chi connectivity index (χ2n) is 8.19. The van der Waals surface area contributed by atoms with E-state index in [2.05, 4.69) is 27.4 Å². The number of benzene rings is 1. The van der Waals surface area contributed by atoms with E-state index in [9.17, 15) is 14.7 Å². The van der Waals surface area contributed by atoms with Gasteiger partial charge in [0.25, 0.3) is 11.8 Å². The van der Waals surface area contributed by atoms with Gasteiger partial charge in [0.1, 0.15) is 12.0 Å². The lowest BCUT2D eigenvalue weighted by atomic mass is 10.1. The average Bonchev–Trinajstić information content (AvgIpc) is 3.37. The van der Waals surface area contributed by atoms with Gasteiger partial charge in [-0.2, -0.15) is 0 Å². The van der Waals surface area contributed by atoms with E-state index in [0.717, 1.165) is 10.7 Å². The normalized spacial score (nSPS) is 18.8. The fourth-order valence-electron chi connectivity index (χ4n) is 3.81. The zero-order valence-electron chi connectivity index (χ0n) is 18.7. The molecule has 1 aliphatic rings. The molecule has 0 radical (unpaired) electrons. The molecule has 2 aromatic heterocycles. The molecule has 1 aromatic carbocycles. The van der Waals surface area contributed by atoms with Crippen molar-refractivity contribution in [1.29, 1.82) is 0 Å². The Balaban J connectivity index is 1.45. The minimum absolute atomic E-state index is 0.0536. The molecule has 10 heteroatoms. The van der Waals surface area contributed by atoms with E-state index in [4.69, 9.17) is 0 Å². The van der Waals surface area contributed by atoms with Crippen LogP contribution < -0.4 is 5.32 Å². The average molecular weight is 467 g/mol. The molecule has 0 spiro atoms. The van der Waals surface area contributed by atoms with Crippen molar-refractivity contribution in [3.63, 3.8) is 0 Å². The molecule has 0 bridgehead atoms. The lowest BCUT2D eigenvalue weighted by molar-refractivity contribution is 0.0726. The summed E-state index contributed by atoms with van der Waals surface area (Å²) >= 11 is 1.58. The van der Waals surface area contributed by atoms with Crippen molar-refractivity contribution < 1.29 is 14.7 Å². The van der Waals surface area contributed by atoms with E-state index in [0.29, 0.717) is 24.2 Å². The van der Waals surface area contributed by atoms with Gasteiger partial charge >= 0.3 is 0 Å². The molecule has 0 saturated carbocycles. The van der Waals surface area contributed by atoms with Gasteiger partial charge in [-0.3, -0.25) is 14.6 Å². The number of hydrogen-bond acceptors (Lipinski definition) is 7. The molecule has 3 aromatic rings. The Hall–Kier alpha value is -3.24. The van der Waals surface area contributed by atoms with Gasteiger partial charge in [0.15, 0.2) is 5.16 Å². The molecule has 3 atom stereocenters. The molecule has 172 valence electrons. The number of β-amino-alcohol motifs (C(OH)–C–C–N with tert-alkyl or cyclic N) is 1. The summed E-state index contributed by atoms with van der Waals surface area (Å²) in [6.07, 6.45) is 3.14. The first-order chi connectivity index (χ1) is 15.8. The van der Waals surface area contributed by atoms with Crippen molar-refractivity contribution in [2.24, 2.45) is 7.05 Å². The highest BCUT2D eigenvalue weighted by atomic mass is 32.2. The zero-order chi connectivity index (χ0) is 23.5. The van der Waals surface area contributed by atoms with E-state index in [1.807, 2.05) is 42.8 Å². The lowest BCUT2D eigenvalue weighted by Crippen LogP contribution is -2.34. The van der Waals surface area contributed by atoms with E-state index in [-0.39, 0.29) is 22.9 Å². The Bertz CT molecular complexity index is 1170. The SMILES string of the molecule is C[C@H](Sc1nncn1C)c1cccc(NC(=O)c2cc(C(=O)N3C[C@@H](O)C[C@H]3C)ccn2)c1. The topological polar surface area (TPSA) is 113 Å². The first-order valence-corrected chi connectivity index (χ1v) is 11.6. The summed E-state index contributed by atoms with van der Waals surface area (Å²) in [4.78, 5) is 31.5. The molecule has 9 nitrogen and oxygen atoms in total. The number of aryl methyl sites for hydroxylation is 1. The fraction of sp³-hybridized carbons (Fsp3) is 0.348. The molecular weight excluding hydrogens is 440 g/mol. The minimum atomic E-state index is -0.518. The number of anilines is 1. The number of carbonyl (C=O) groups is 2. The number of aliphatic hydroxyl groups excluding tert-OH is 1. The monoisotopic (exact) mass is 466 g/mol. The first-order valence-electron chi connectivity index (χ1n) is 10.7. The molecule has 33 heavy (non-hydrogen) atoms. The molecular formula is C23H26N6O3S. The van der Waals surface area contributed by atoms with Gasteiger partial charge < -0.3 is 19.9 Å². The van der Waals surface area contributed by atoms with E-state index in [1.165, 1.54) is 12.3 Å². The van der Waals surface area contributed by atoms with Crippen LogP contribution in [-0.4, -0.2) is 60.3 Å². The molecule has 4 rings (SSSR count). The van der Waals surface area contributed by atoms with Gasteiger partial charge in [0.05, 0.1) is 6.10 Å². The van der Waals surface area contributed by atoms with Gasteiger partial charge in [-0.25, -0.2) is 0 Å². The minimum Gasteiger partial charge on any atom is -0.391 e. The smallest absolute Gasteiger partial charge is 0.274 e. The van der Waals surface area contributed by atoms with E-state index in [1.54, 1.807) is 29.1 Å². The van der Waals surface area contributed by atoms with Crippen LogP contribution in [0.4, 0.5) is 5.69 Å². The van der Waals surface area contributed by atoms with Crippen LogP contribution in [0.25, 0.3) is 0 Å². The number of nitrogens with zero attached hydrogens (tertiary/aromatic N) is 5.